The molecule has 0 heterocycles. The van der Waals surface area contributed by atoms with E-state index >= 15 is 0 Å². The summed E-state index contributed by atoms with van der Waals surface area (Å²) in [6, 6.07) is 6.04. The van der Waals surface area contributed by atoms with Gasteiger partial charge in [0.15, 0.2) is 5.60 Å². The smallest absolute Gasteiger partial charge is 0.336 e. The van der Waals surface area contributed by atoms with Crippen LogP contribution in [0.1, 0.15) is 23.1 Å². The van der Waals surface area contributed by atoms with Gasteiger partial charge < -0.3 is 9.84 Å². The first kappa shape index (κ1) is 11.1. The summed E-state index contributed by atoms with van der Waals surface area (Å²) in [7, 11) is 1.48. The summed E-state index contributed by atoms with van der Waals surface area (Å²) in [4.78, 5) is 11.3. The first-order valence-corrected chi connectivity index (χ1v) is 5.45. The van der Waals surface area contributed by atoms with E-state index in [1.165, 1.54) is 18.2 Å². The number of fused-ring (bicyclic) bond motifs is 1. The van der Waals surface area contributed by atoms with E-state index in [0.29, 0.717) is 12.8 Å². The third kappa shape index (κ3) is 1.61. The molecule has 1 aromatic rings. The molecular formula is C13H16O3. The van der Waals surface area contributed by atoms with Crippen molar-refractivity contribution >= 4 is 5.97 Å². The number of rotatable bonds is 2. The summed E-state index contributed by atoms with van der Waals surface area (Å²) in [5.74, 6) is -0.859. The fraction of sp³-hybridized carbons (Fsp3) is 0.462. The molecule has 0 amide bonds. The molecule has 0 radical (unpaired) electrons. The minimum Gasteiger partial charge on any atom is -0.479 e. The van der Waals surface area contributed by atoms with Gasteiger partial charge in [-0.2, -0.15) is 0 Å². The zero-order valence-electron chi connectivity index (χ0n) is 9.62. The van der Waals surface area contributed by atoms with E-state index in [0.717, 1.165) is 12.0 Å². The van der Waals surface area contributed by atoms with Crippen LogP contribution in [-0.2, 0) is 22.4 Å². The van der Waals surface area contributed by atoms with Gasteiger partial charge in [-0.15, -0.1) is 0 Å². The number of carboxylic acid groups (broad SMARTS) is 1. The number of benzene rings is 1. The summed E-state index contributed by atoms with van der Waals surface area (Å²) in [5, 5.41) is 9.26. The second-order valence-electron chi connectivity index (χ2n) is 4.39. The van der Waals surface area contributed by atoms with Crippen molar-refractivity contribution in [3.8, 4) is 0 Å². The molecule has 3 nitrogen and oxygen atoms in total. The fourth-order valence-corrected chi connectivity index (χ4v) is 2.45. The van der Waals surface area contributed by atoms with Crippen molar-refractivity contribution in [2.75, 3.05) is 7.11 Å². The highest BCUT2D eigenvalue weighted by Crippen LogP contribution is 2.32. The van der Waals surface area contributed by atoms with E-state index in [2.05, 4.69) is 13.0 Å². The van der Waals surface area contributed by atoms with Crippen molar-refractivity contribution in [3.63, 3.8) is 0 Å². The van der Waals surface area contributed by atoms with Gasteiger partial charge in [0, 0.05) is 13.5 Å². The SMILES string of the molecule is COC1(C(=O)O)CCc2c(C)cccc2C1. The number of hydrogen-bond donors (Lipinski definition) is 1. The maximum atomic E-state index is 11.3. The number of methoxy groups -OCH3 is 1. The highest BCUT2D eigenvalue weighted by Gasteiger charge is 2.41. The molecule has 0 aliphatic heterocycles. The van der Waals surface area contributed by atoms with E-state index < -0.39 is 11.6 Å². The molecule has 0 spiro atoms. The van der Waals surface area contributed by atoms with Gasteiger partial charge in [0.05, 0.1) is 0 Å². The van der Waals surface area contributed by atoms with Crippen LogP contribution in [0.3, 0.4) is 0 Å². The summed E-state index contributed by atoms with van der Waals surface area (Å²) in [6.45, 7) is 2.07. The van der Waals surface area contributed by atoms with E-state index in [9.17, 15) is 9.90 Å². The van der Waals surface area contributed by atoms with E-state index in [1.807, 2.05) is 12.1 Å². The van der Waals surface area contributed by atoms with E-state index in [1.54, 1.807) is 0 Å². The van der Waals surface area contributed by atoms with Gasteiger partial charge >= 0.3 is 5.97 Å². The molecule has 1 aromatic carbocycles. The minimum atomic E-state index is -1.03. The highest BCUT2D eigenvalue weighted by atomic mass is 16.5. The summed E-state index contributed by atoms with van der Waals surface area (Å²) < 4.78 is 5.24. The number of ether oxygens (including phenoxy) is 1. The van der Waals surface area contributed by atoms with Crippen LogP contribution in [0.25, 0.3) is 0 Å². The molecule has 1 aliphatic rings. The molecule has 0 bridgehead atoms. The molecular weight excluding hydrogens is 204 g/mol. The molecule has 1 aliphatic carbocycles. The van der Waals surface area contributed by atoms with Crippen LogP contribution in [0, 0.1) is 6.92 Å². The third-order valence-electron chi connectivity index (χ3n) is 3.54. The number of aryl methyl sites for hydroxylation is 1. The summed E-state index contributed by atoms with van der Waals surface area (Å²) in [5.41, 5.74) is 2.61. The van der Waals surface area contributed by atoms with Gasteiger partial charge in [0.25, 0.3) is 0 Å². The maximum Gasteiger partial charge on any atom is 0.336 e. The van der Waals surface area contributed by atoms with Gasteiger partial charge in [-0.1, -0.05) is 18.2 Å². The van der Waals surface area contributed by atoms with Crippen LogP contribution in [0.15, 0.2) is 18.2 Å². The van der Waals surface area contributed by atoms with Crippen molar-refractivity contribution in [2.24, 2.45) is 0 Å². The Morgan fingerprint density at radius 3 is 2.88 bits per heavy atom. The maximum absolute atomic E-state index is 11.3. The van der Waals surface area contributed by atoms with Crippen LogP contribution >= 0.6 is 0 Å². The largest absolute Gasteiger partial charge is 0.479 e. The monoisotopic (exact) mass is 220 g/mol. The Hall–Kier alpha value is -1.35. The molecule has 0 fully saturated rings. The van der Waals surface area contributed by atoms with Crippen LogP contribution in [-0.4, -0.2) is 23.8 Å². The highest BCUT2D eigenvalue weighted by molar-refractivity contribution is 5.78. The van der Waals surface area contributed by atoms with Gasteiger partial charge in [-0.05, 0) is 36.5 Å². The molecule has 16 heavy (non-hydrogen) atoms. The fourth-order valence-electron chi connectivity index (χ4n) is 2.45. The van der Waals surface area contributed by atoms with Crippen molar-refractivity contribution in [1.29, 1.82) is 0 Å². The molecule has 0 aromatic heterocycles. The predicted molar refractivity (Wildman–Crippen MR) is 60.6 cm³/mol. The molecule has 0 saturated carbocycles. The lowest BCUT2D eigenvalue weighted by Gasteiger charge is -2.33. The Balaban J connectivity index is 2.40. The lowest BCUT2D eigenvalue weighted by Crippen LogP contribution is -2.45. The van der Waals surface area contributed by atoms with Crippen molar-refractivity contribution in [2.45, 2.75) is 31.8 Å². The van der Waals surface area contributed by atoms with Crippen LogP contribution in [0.5, 0.6) is 0 Å². The van der Waals surface area contributed by atoms with Crippen LogP contribution in [0.2, 0.25) is 0 Å². The molecule has 3 heteroatoms. The Bertz CT molecular complexity index is 425. The third-order valence-corrected chi connectivity index (χ3v) is 3.54. The zero-order chi connectivity index (χ0) is 11.8. The summed E-state index contributed by atoms with van der Waals surface area (Å²) in [6.07, 6.45) is 1.80. The molecule has 1 atom stereocenters. The second-order valence-corrected chi connectivity index (χ2v) is 4.39. The predicted octanol–water partition coefficient (Wildman–Crippen LogP) is 1.95. The van der Waals surface area contributed by atoms with E-state index in [-0.39, 0.29) is 0 Å². The lowest BCUT2D eigenvalue weighted by molar-refractivity contribution is -0.163. The Kier molecular flexibility index (Phi) is 2.72. The first-order chi connectivity index (χ1) is 7.59. The minimum absolute atomic E-state index is 0.468. The van der Waals surface area contributed by atoms with Crippen molar-refractivity contribution in [1.82, 2.24) is 0 Å². The lowest BCUT2D eigenvalue weighted by atomic mass is 9.79. The topological polar surface area (TPSA) is 46.5 Å². The Labute approximate surface area is 95.0 Å². The van der Waals surface area contributed by atoms with Gasteiger partial charge in [0.1, 0.15) is 0 Å². The number of hydrogen-bond acceptors (Lipinski definition) is 2. The number of carboxylic acids is 1. The Morgan fingerprint density at radius 2 is 2.25 bits per heavy atom. The molecule has 86 valence electrons. The average molecular weight is 220 g/mol. The van der Waals surface area contributed by atoms with Crippen LogP contribution in [0.4, 0.5) is 0 Å². The Morgan fingerprint density at radius 1 is 1.50 bits per heavy atom. The number of carbonyl (C=O) groups is 1. The van der Waals surface area contributed by atoms with Gasteiger partial charge in [-0.25, -0.2) is 4.79 Å². The van der Waals surface area contributed by atoms with Gasteiger partial charge in [0.2, 0.25) is 0 Å². The van der Waals surface area contributed by atoms with Crippen LogP contribution < -0.4 is 0 Å². The quantitative estimate of drug-likeness (QED) is 0.828. The molecule has 1 unspecified atom stereocenters. The zero-order valence-corrected chi connectivity index (χ0v) is 9.62. The standard InChI is InChI=1S/C13H16O3/c1-9-4-3-5-10-8-13(16-2,12(14)15)7-6-11(9)10/h3-5H,6-8H2,1-2H3,(H,14,15). The molecule has 1 N–H and O–H groups in total. The summed E-state index contributed by atoms with van der Waals surface area (Å²) >= 11 is 0. The molecule has 0 saturated heterocycles. The normalized spacial score (nSPS) is 23.9. The number of aliphatic carboxylic acids is 1. The van der Waals surface area contributed by atoms with Crippen molar-refractivity contribution < 1.29 is 14.6 Å². The first-order valence-electron chi connectivity index (χ1n) is 5.45. The van der Waals surface area contributed by atoms with Crippen molar-refractivity contribution in [3.05, 3.63) is 34.9 Å². The van der Waals surface area contributed by atoms with E-state index in [4.69, 9.17) is 4.74 Å². The van der Waals surface area contributed by atoms with Gasteiger partial charge in [-0.3, -0.25) is 0 Å². The second kappa shape index (κ2) is 3.91. The molecule has 2 rings (SSSR count). The average Bonchev–Trinajstić information content (AvgIpc) is 2.28.